The van der Waals surface area contributed by atoms with Gasteiger partial charge in [0.05, 0.1) is 0 Å². The molecule has 0 aliphatic carbocycles. The highest BCUT2D eigenvalue weighted by Gasteiger charge is 2.35. The number of rotatable bonds is 3. The van der Waals surface area contributed by atoms with Gasteiger partial charge >= 0.3 is 0 Å². The second-order valence-corrected chi connectivity index (χ2v) is 7.02. The van der Waals surface area contributed by atoms with Crippen molar-refractivity contribution in [3.8, 4) is 0 Å². The van der Waals surface area contributed by atoms with Crippen molar-refractivity contribution >= 4 is 0 Å². The Balaban J connectivity index is 1.57. The Hall–Kier alpha value is -0.120. The van der Waals surface area contributed by atoms with E-state index in [-0.39, 0.29) is 0 Å². The molecule has 3 rings (SSSR count). The molecule has 0 aromatic carbocycles. The Labute approximate surface area is 118 Å². The number of hydrogen-bond donors (Lipinski definition) is 1. The Morgan fingerprint density at radius 3 is 2.74 bits per heavy atom. The summed E-state index contributed by atoms with van der Waals surface area (Å²) in [5.41, 5.74) is 0.613. The van der Waals surface area contributed by atoms with Crippen molar-refractivity contribution in [1.82, 2.24) is 15.1 Å². The Morgan fingerprint density at radius 2 is 1.95 bits per heavy atom. The van der Waals surface area contributed by atoms with Gasteiger partial charge in [0.15, 0.2) is 0 Å². The van der Waals surface area contributed by atoms with Crippen LogP contribution in [-0.2, 0) is 0 Å². The van der Waals surface area contributed by atoms with Gasteiger partial charge in [-0.25, -0.2) is 0 Å². The van der Waals surface area contributed by atoms with Crippen LogP contribution in [0.5, 0.6) is 0 Å². The zero-order valence-corrected chi connectivity index (χ0v) is 12.7. The maximum absolute atomic E-state index is 3.53. The molecule has 3 heteroatoms. The predicted molar refractivity (Wildman–Crippen MR) is 80.5 cm³/mol. The Kier molecular flexibility index (Phi) is 4.45. The van der Waals surface area contributed by atoms with Gasteiger partial charge < -0.3 is 5.32 Å². The van der Waals surface area contributed by atoms with E-state index < -0.39 is 0 Å². The maximum atomic E-state index is 3.53. The highest BCUT2D eigenvalue weighted by Crippen LogP contribution is 2.34. The molecule has 0 amide bonds. The molecule has 19 heavy (non-hydrogen) atoms. The largest absolute Gasteiger partial charge is 0.317 e. The lowest BCUT2D eigenvalue weighted by Crippen LogP contribution is -2.57. The number of nitrogens with zero attached hydrogens (tertiary/aromatic N) is 2. The van der Waals surface area contributed by atoms with Crippen LogP contribution in [0.2, 0.25) is 0 Å². The van der Waals surface area contributed by atoms with Crippen LogP contribution in [-0.4, -0.2) is 61.7 Å². The molecule has 3 aliphatic rings. The van der Waals surface area contributed by atoms with Gasteiger partial charge in [0, 0.05) is 32.2 Å². The van der Waals surface area contributed by atoms with Crippen molar-refractivity contribution in [2.24, 2.45) is 5.41 Å². The topological polar surface area (TPSA) is 18.5 Å². The Bertz CT molecular complexity index is 286. The smallest absolute Gasteiger partial charge is 0.0223 e. The van der Waals surface area contributed by atoms with Crippen molar-refractivity contribution in [2.75, 3.05) is 45.8 Å². The third-order valence-electron chi connectivity index (χ3n) is 5.89. The van der Waals surface area contributed by atoms with Crippen molar-refractivity contribution in [2.45, 2.75) is 51.5 Å². The molecule has 0 radical (unpaired) electrons. The molecule has 1 atom stereocenters. The normalized spacial score (nSPS) is 33.0. The molecular weight excluding hydrogens is 234 g/mol. The third-order valence-corrected chi connectivity index (χ3v) is 5.89. The van der Waals surface area contributed by atoms with Gasteiger partial charge in [0.25, 0.3) is 0 Å². The van der Waals surface area contributed by atoms with Gasteiger partial charge in [-0.05, 0) is 57.2 Å². The van der Waals surface area contributed by atoms with Crippen LogP contribution in [0, 0.1) is 5.41 Å². The van der Waals surface area contributed by atoms with Crippen molar-refractivity contribution in [1.29, 1.82) is 0 Å². The van der Waals surface area contributed by atoms with Crippen LogP contribution in [0.1, 0.15) is 45.4 Å². The van der Waals surface area contributed by atoms with Gasteiger partial charge in [-0.1, -0.05) is 13.3 Å². The van der Waals surface area contributed by atoms with E-state index in [0.29, 0.717) is 5.41 Å². The zero-order valence-electron chi connectivity index (χ0n) is 12.7. The molecular formula is C16H31N3. The molecule has 3 fully saturated rings. The molecule has 110 valence electrons. The first-order valence-corrected chi connectivity index (χ1v) is 8.48. The molecule has 1 unspecified atom stereocenters. The average Bonchev–Trinajstić information content (AvgIpc) is 2.48. The fourth-order valence-electron chi connectivity index (χ4n) is 4.42. The first-order chi connectivity index (χ1) is 9.31. The minimum atomic E-state index is 0.613. The van der Waals surface area contributed by atoms with E-state index in [9.17, 15) is 0 Å². The number of piperidine rings is 2. The summed E-state index contributed by atoms with van der Waals surface area (Å²) in [5.74, 6) is 0. The second kappa shape index (κ2) is 6.11. The van der Waals surface area contributed by atoms with E-state index in [1.807, 2.05) is 0 Å². The third kappa shape index (κ3) is 3.14. The highest BCUT2D eigenvalue weighted by molar-refractivity contribution is 4.91. The summed E-state index contributed by atoms with van der Waals surface area (Å²) in [6.45, 7) is 11.6. The first kappa shape index (κ1) is 13.8. The van der Waals surface area contributed by atoms with Crippen LogP contribution in [0.25, 0.3) is 0 Å². The van der Waals surface area contributed by atoms with E-state index in [2.05, 4.69) is 22.0 Å². The second-order valence-electron chi connectivity index (χ2n) is 7.02. The Morgan fingerprint density at radius 1 is 1.11 bits per heavy atom. The summed E-state index contributed by atoms with van der Waals surface area (Å²) in [5, 5.41) is 3.53. The standard InChI is InChI=1S/C16H31N3/c1-2-16(6-8-17-9-7-16)14-18-11-12-19-10-4-3-5-15(19)13-18/h15,17H,2-14H2,1H3. The van der Waals surface area contributed by atoms with Crippen molar-refractivity contribution in [3.05, 3.63) is 0 Å². The summed E-state index contributed by atoms with van der Waals surface area (Å²) in [7, 11) is 0. The number of piperazine rings is 1. The zero-order chi connectivity index (χ0) is 13.1. The summed E-state index contributed by atoms with van der Waals surface area (Å²) < 4.78 is 0. The summed E-state index contributed by atoms with van der Waals surface area (Å²) in [4.78, 5) is 5.54. The van der Waals surface area contributed by atoms with Crippen LogP contribution >= 0.6 is 0 Å². The van der Waals surface area contributed by atoms with Crippen LogP contribution in [0.3, 0.4) is 0 Å². The SMILES string of the molecule is CCC1(CN2CCN3CCCCC3C2)CCNCC1. The summed E-state index contributed by atoms with van der Waals surface area (Å²) in [6.07, 6.45) is 8.46. The fourth-order valence-corrected chi connectivity index (χ4v) is 4.42. The molecule has 0 bridgehead atoms. The lowest BCUT2D eigenvalue weighted by Gasteiger charge is -2.48. The molecule has 3 heterocycles. The molecule has 0 spiro atoms. The van der Waals surface area contributed by atoms with Gasteiger partial charge in [0.1, 0.15) is 0 Å². The monoisotopic (exact) mass is 265 g/mol. The summed E-state index contributed by atoms with van der Waals surface area (Å²) >= 11 is 0. The van der Waals surface area contributed by atoms with Crippen molar-refractivity contribution < 1.29 is 0 Å². The number of nitrogens with one attached hydrogen (secondary N) is 1. The van der Waals surface area contributed by atoms with E-state index in [0.717, 1.165) is 6.04 Å². The molecule has 1 N–H and O–H groups in total. The molecule has 3 aliphatic heterocycles. The minimum absolute atomic E-state index is 0.613. The number of fused-ring (bicyclic) bond motifs is 1. The molecule has 3 saturated heterocycles. The van der Waals surface area contributed by atoms with E-state index in [1.54, 1.807) is 0 Å². The van der Waals surface area contributed by atoms with Gasteiger partial charge in [-0.2, -0.15) is 0 Å². The number of hydrogen-bond acceptors (Lipinski definition) is 3. The van der Waals surface area contributed by atoms with Crippen LogP contribution in [0.4, 0.5) is 0 Å². The molecule has 0 aromatic heterocycles. The first-order valence-electron chi connectivity index (χ1n) is 8.48. The van der Waals surface area contributed by atoms with Gasteiger partial charge in [-0.3, -0.25) is 9.80 Å². The van der Waals surface area contributed by atoms with Crippen LogP contribution in [0.15, 0.2) is 0 Å². The van der Waals surface area contributed by atoms with Crippen LogP contribution < -0.4 is 5.32 Å². The molecule has 0 aromatic rings. The minimum Gasteiger partial charge on any atom is -0.317 e. The van der Waals surface area contributed by atoms with Gasteiger partial charge in [0.2, 0.25) is 0 Å². The van der Waals surface area contributed by atoms with Crippen molar-refractivity contribution in [3.63, 3.8) is 0 Å². The lowest BCUT2D eigenvalue weighted by molar-refractivity contribution is 0.0166. The van der Waals surface area contributed by atoms with Gasteiger partial charge in [-0.15, -0.1) is 0 Å². The molecule has 3 nitrogen and oxygen atoms in total. The quantitative estimate of drug-likeness (QED) is 0.841. The highest BCUT2D eigenvalue weighted by atomic mass is 15.3. The molecule has 0 saturated carbocycles. The predicted octanol–water partition coefficient (Wildman–Crippen LogP) is 1.94. The fraction of sp³-hybridized carbons (Fsp3) is 1.00. The average molecular weight is 265 g/mol. The van der Waals surface area contributed by atoms with E-state index >= 15 is 0 Å². The summed E-state index contributed by atoms with van der Waals surface area (Å²) in [6, 6.07) is 0.873. The van der Waals surface area contributed by atoms with E-state index in [1.165, 1.54) is 84.3 Å². The lowest BCUT2D eigenvalue weighted by atomic mass is 9.76. The van der Waals surface area contributed by atoms with E-state index in [4.69, 9.17) is 0 Å². The maximum Gasteiger partial charge on any atom is 0.0223 e.